The van der Waals surface area contributed by atoms with Crippen LogP contribution in [0.4, 0.5) is 0 Å². The number of rotatable bonds is 3. The van der Waals surface area contributed by atoms with Crippen molar-refractivity contribution >= 4 is 28.5 Å². The number of para-hydroxylation sites is 1. The molecule has 1 amide bonds. The van der Waals surface area contributed by atoms with E-state index in [2.05, 4.69) is 11.1 Å². The predicted molar refractivity (Wildman–Crippen MR) is 79.8 cm³/mol. The molecular formula is C15H15ClN4O. The Morgan fingerprint density at radius 2 is 2.14 bits per heavy atom. The fraction of sp³-hybridized carbons (Fsp3) is 0.400. The van der Waals surface area contributed by atoms with E-state index in [1.54, 1.807) is 12.1 Å². The van der Waals surface area contributed by atoms with E-state index in [1.165, 1.54) is 0 Å². The van der Waals surface area contributed by atoms with Gasteiger partial charge in [-0.2, -0.15) is 5.26 Å². The van der Waals surface area contributed by atoms with Gasteiger partial charge in [-0.1, -0.05) is 6.07 Å². The van der Waals surface area contributed by atoms with Crippen molar-refractivity contribution in [3.8, 4) is 6.07 Å². The van der Waals surface area contributed by atoms with Gasteiger partial charge in [0.25, 0.3) is 0 Å². The average Bonchev–Trinajstić information content (AvgIpc) is 3.14. The van der Waals surface area contributed by atoms with Crippen LogP contribution in [0.2, 0.25) is 0 Å². The van der Waals surface area contributed by atoms with Gasteiger partial charge in [-0.05, 0) is 25.0 Å². The molecule has 3 rings (SSSR count). The fourth-order valence-corrected chi connectivity index (χ4v) is 2.97. The van der Waals surface area contributed by atoms with Crippen molar-refractivity contribution in [1.82, 2.24) is 14.5 Å². The lowest BCUT2D eigenvalue weighted by molar-refractivity contribution is -0.130. The number of imidazole rings is 1. The molecule has 1 saturated heterocycles. The maximum atomic E-state index is 12.3. The van der Waals surface area contributed by atoms with Crippen molar-refractivity contribution in [3.63, 3.8) is 0 Å². The third-order valence-corrected chi connectivity index (χ3v) is 4.09. The quantitative estimate of drug-likeness (QED) is 0.817. The highest BCUT2D eigenvalue weighted by molar-refractivity contribution is 6.17. The van der Waals surface area contributed by atoms with Gasteiger partial charge < -0.3 is 9.47 Å². The summed E-state index contributed by atoms with van der Waals surface area (Å²) in [5, 5.41) is 9.16. The summed E-state index contributed by atoms with van der Waals surface area (Å²) in [5.41, 5.74) is 1.91. The summed E-state index contributed by atoms with van der Waals surface area (Å²) in [4.78, 5) is 18.6. The van der Waals surface area contributed by atoms with E-state index in [-0.39, 0.29) is 18.3 Å². The number of hydrogen-bond donors (Lipinski definition) is 0. The molecule has 1 fully saturated rings. The van der Waals surface area contributed by atoms with Crippen LogP contribution in [-0.2, 0) is 17.2 Å². The number of likely N-dealkylation sites (tertiary alicyclic amines) is 1. The number of carbonyl (C=O) groups is 1. The number of alkyl halides is 1. The van der Waals surface area contributed by atoms with Gasteiger partial charge >= 0.3 is 0 Å². The smallest absolute Gasteiger partial charge is 0.242 e. The predicted octanol–water partition coefficient (Wildman–Crippen LogP) is 2.27. The van der Waals surface area contributed by atoms with Crippen LogP contribution in [0.1, 0.15) is 24.2 Å². The number of nitrogens with zero attached hydrogens (tertiary/aromatic N) is 4. The molecule has 5 nitrogen and oxygen atoms in total. The molecule has 1 aliphatic rings. The Bertz CT molecular complexity index is 725. The minimum Gasteiger partial charge on any atom is -0.341 e. The zero-order valence-electron chi connectivity index (χ0n) is 11.5. The van der Waals surface area contributed by atoms with Crippen molar-refractivity contribution in [2.75, 3.05) is 13.1 Å². The molecule has 0 saturated carbocycles. The highest BCUT2D eigenvalue weighted by Gasteiger charge is 2.21. The second-order valence-electron chi connectivity index (χ2n) is 5.12. The highest BCUT2D eigenvalue weighted by atomic mass is 35.5. The Morgan fingerprint density at radius 1 is 1.38 bits per heavy atom. The Labute approximate surface area is 127 Å². The molecule has 1 aromatic carbocycles. The van der Waals surface area contributed by atoms with Gasteiger partial charge in [0.15, 0.2) is 0 Å². The van der Waals surface area contributed by atoms with Gasteiger partial charge in [0, 0.05) is 13.1 Å². The molecule has 1 aromatic heterocycles. The van der Waals surface area contributed by atoms with Crippen LogP contribution < -0.4 is 0 Å². The number of fused-ring (bicyclic) bond motifs is 1. The SMILES string of the molecule is N#Cc1cccc2c1nc(CCl)n2CC(=O)N1CCCC1. The molecule has 108 valence electrons. The molecule has 0 N–H and O–H groups in total. The molecule has 0 spiro atoms. The van der Waals surface area contributed by atoms with Crippen molar-refractivity contribution in [2.45, 2.75) is 25.3 Å². The van der Waals surface area contributed by atoms with E-state index in [9.17, 15) is 4.79 Å². The van der Waals surface area contributed by atoms with E-state index in [4.69, 9.17) is 16.9 Å². The Hall–Kier alpha value is -2.06. The van der Waals surface area contributed by atoms with Crippen LogP contribution in [0.3, 0.4) is 0 Å². The first kappa shape index (κ1) is 13.9. The lowest BCUT2D eigenvalue weighted by Gasteiger charge is -2.16. The van der Waals surface area contributed by atoms with Crippen molar-refractivity contribution in [2.24, 2.45) is 0 Å². The van der Waals surface area contributed by atoms with Gasteiger partial charge in [-0.25, -0.2) is 4.98 Å². The maximum absolute atomic E-state index is 12.3. The van der Waals surface area contributed by atoms with Crippen LogP contribution in [-0.4, -0.2) is 33.4 Å². The van der Waals surface area contributed by atoms with Crippen molar-refractivity contribution in [3.05, 3.63) is 29.6 Å². The van der Waals surface area contributed by atoms with Crippen molar-refractivity contribution < 1.29 is 4.79 Å². The second kappa shape index (κ2) is 5.74. The van der Waals surface area contributed by atoms with Crippen LogP contribution in [0.25, 0.3) is 11.0 Å². The number of amides is 1. The highest BCUT2D eigenvalue weighted by Crippen LogP contribution is 2.21. The Balaban J connectivity index is 2.00. The molecular weight excluding hydrogens is 288 g/mol. The summed E-state index contributed by atoms with van der Waals surface area (Å²) in [6.45, 7) is 1.88. The minimum atomic E-state index is 0.0838. The van der Waals surface area contributed by atoms with Crippen LogP contribution in [0, 0.1) is 11.3 Å². The van der Waals surface area contributed by atoms with E-state index >= 15 is 0 Å². The first-order valence-electron chi connectivity index (χ1n) is 6.96. The number of nitriles is 1. The first-order valence-corrected chi connectivity index (χ1v) is 7.50. The molecule has 0 unspecified atom stereocenters. The van der Waals surface area contributed by atoms with E-state index in [0.717, 1.165) is 31.4 Å². The van der Waals surface area contributed by atoms with Gasteiger partial charge in [-0.3, -0.25) is 4.79 Å². The number of carbonyl (C=O) groups excluding carboxylic acids is 1. The summed E-state index contributed by atoms with van der Waals surface area (Å²) >= 11 is 5.95. The summed E-state index contributed by atoms with van der Waals surface area (Å²) < 4.78 is 1.82. The summed E-state index contributed by atoms with van der Waals surface area (Å²) in [6.07, 6.45) is 2.13. The van der Waals surface area contributed by atoms with Crippen LogP contribution in [0.5, 0.6) is 0 Å². The zero-order valence-corrected chi connectivity index (χ0v) is 12.3. The minimum absolute atomic E-state index is 0.0838. The number of halogens is 1. The molecule has 0 atom stereocenters. The largest absolute Gasteiger partial charge is 0.341 e. The van der Waals surface area contributed by atoms with Crippen LogP contribution >= 0.6 is 11.6 Å². The van der Waals surface area contributed by atoms with Gasteiger partial charge in [-0.15, -0.1) is 11.6 Å². The first-order chi connectivity index (χ1) is 10.2. The van der Waals surface area contributed by atoms with Gasteiger partial charge in [0.2, 0.25) is 5.91 Å². The van der Waals surface area contributed by atoms with E-state index in [0.29, 0.717) is 16.9 Å². The molecule has 0 radical (unpaired) electrons. The van der Waals surface area contributed by atoms with Gasteiger partial charge in [0.1, 0.15) is 24.0 Å². The standard InChI is InChI=1S/C15H15ClN4O/c16-8-13-18-15-11(9-17)4-3-5-12(15)20(13)10-14(21)19-6-1-2-7-19/h3-5H,1-2,6-8,10H2. The molecule has 0 bridgehead atoms. The second-order valence-corrected chi connectivity index (χ2v) is 5.39. The molecule has 6 heteroatoms. The van der Waals surface area contributed by atoms with E-state index in [1.807, 2.05) is 15.5 Å². The van der Waals surface area contributed by atoms with E-state index < -0.39 is 0 Å². The number of benzene rings is 1. The maximum Gasteiger partial charge on any atom is 0.242 e. The molecule has 0 aliphatic carbocycles. The molecule has 1 aliphatic heterocycles. The topological polar surface area (TPSA) is 61.9 Å². The van der Waals surface area contributed by atoms with Crippen LogP contribution in [0.15, 0.2) is 18.2 Å². The summed E-state index contributed by atoms with van der Waals surface area (Å²) in [7, 11) is 0. The average molecular weight is 303 g/mol. The Morgan fingerprint density at radius 3 is 2.81 bits per heavy atom. The third-order valence-electron chi connectivity index (χ3n) is 3.85. The molecule has 2 aromatic rings. The van der Waals surface area contributed by atoms with Gasteiger partial charge in [0.05, 0.1) is 17.0 Å². The lowest BCUT2D eigenvalue weighted by Crippen LogP contribution is -2.31. The number of hydrogen-bond acceptors (Lipinski definition) is 3. The summed E-state index contributed by atoms with van der Waals surface area (Å²) in [6, 6.07) is 7.53. The summed E-state index contributed by atoms with van der Waals surface area (Å²) in [5.74, 6) is 0.926. The normalized spacial score (nSPS) is 14.6. The molecule has 21 heavy (non-hydrogen) atoms. The van der Waals surface area contributed by atoms with Crippen molar-refractivity contribution in [1.29, 1.82) is 5.26 Å². The monoisotopic (exact) mass is 302 g/mol. The number of aromatic nitrogens is 2. The Kier molecular flexibility index (Phi) is 3.80. The third kappa shape index (κ3) is 2.47. The fourth-order valence-electron chi connectivity index (χ4n) is 2.77. The molecule has 2 heterocycles. The lowest BCUT2D eigenvalue weighted by atomic mass is 10.2. The zero-order chi connectivity index (χ0) is 14.8.